The number of halogens is 3. The van der Waals surface area contributed by atoms with Crippen molar-refractivity contribution in [2.75, 3.05) is 11.4 Å². The van der Waals surface area contributed by atoms with E-state index >= 15 is 0 Å². The van der Waals surface area contributed by atoms with Gasteiger partial charge in [-0.3, -0.25) is 9.69 Å². The largest absolute Gasteiger partial charge is 0.337 e. The van der Waals surface area contributed by atoms with Crippen LogP contribution in [0.25, 0.3) is 10.2 Å². The lowest BCUT2D eigenvalue weighted by molar-refractivity contribution is 0.0986. The lowest BCUT2D eigenvalue weighted by Crippen LogP contribution is -2.32. The van der Waals surface area contributed by atoms with Gasteiger partial charge in [0.05, 0.1) is 11.0 Å². The van der Waals surface area contributed by atoms with Gasteiger partial charge in [-0.1, -0.05) is 29.0 Å². The van der Waals surface area contributed by atoms with Crippen molar-refractivity contribution in [3.63, 3.8) is 0 Å². The highest BCUT2D eigenvalue weighted by Crippen LogP contribution is 2.32. The molecule has 0 bridgehead atoms. The molecule has 5 nitrogen and oxygen atoms in total. The van der Waals surface area contributed by atoms with Gasteiger partial charge in [0.1, 0.15) is 11.3 Å². The fraction of sp³-hybridized carbons (Fsp3) is 0.190. The van der Waals surface area contributed by atoms with E-state index in [4.69, 9.17) is 0 Å². The summed E-state index contributed by atoms with van der Waals surface area (Å²) in [5.41, 5.74) is 1.64. The van der Waals surface area contributed by atoms with Crippen LogP contribution in [0.15, 0.2) is 55.1 Å². The van der Waals surface area contributed by atoms with Crippen molar-refractivity contribution in [2.45, 2.75) is 19.9 Å². The van der Waals surface area contributed by atoms with Crippen molar-refractivity contribution in [3.8, 4) is 0 Å². The average Bonchev–Trinajstić information content (AvgIpc) is 3.35. The van der Waals surface area contributed by atoms with Crippen LogP contribution in [0.1, 0.15) is 22.3 Å². The Kier molecular flexibility index (Phi) is 6.79. The molecule has 4 aromatic rings. The van der Waals surface area contributed by atoms with Gasteiger partial charge in [-0.05, 0) is 31.5 Å². The summed E-state index contributed by atoms with van der Waals surface area (Å²) in [7, 11) is 0. The summed E-state index contributed by atoms with van der Waals surface area (Å²) in [5, 5.41) is 0.348. The second kappa shape index (κ2) is 9.32. The smallest absolute Gasteiger partial charge is 0.260 e. The molecule has 0 spiro atoms. The Bertz CT molecular complexity index is 1150. The van der Waals surface area contributed by atoms with Crippen LogP contribution in [0.4, 0.5) is 13.9 Å². The van der Waals surface area contributed by atoms with Crippen LogP contribution in [0.3, 0.4) is 0 Å². The molecule has 0 N–H and O–H groups in total. The number of fused-ring (bicyclic) bond motifs is 1. The first-order valence-electron chi connectivity index (χ1n) is 9.11. The number of imidazole rings is 1. The molecule has 0 radical (unpaired) electrons. The molecule has 0 aliphatic carbocycles. The molecule has 30 heavy (non-hydrogen) atoms. The molecule has 0 aliphatic heterocycles. The van der Waals surface area contributed by atoms with Gasteiger partial charge in [0.25, 0.3) is 5.91 Å². The molecule has 9 heteroatoms. The van der Waals surface area contributed by atoms with Gasteiger partial charge in [-0.25, -0.2) is 18.7 Å². The lowest BCUT2D eigenvalue weighted by atomic mass is 10.1. The molecular weight excluding hydrogens is 430 g/mol. The van der Waals surface area contributed by atoms with E-state index in [0.29, 0.717) is 34.9 Å². The summed E-state index contributed by atoms with van der Waals surface area (Å²) >= 11 is 1.10. The fourth-order valence-corrected chi connectivity index (χ4v) is 4.06. The predicted octanol–water partition coefficient (Wildman–Crippen LogP) is 5.24. The minimum atomic E-state index is -0.733. The van der Waals surface area contributed by atoms with Gasteiger partial charge in [0, 0.05) is 37.1 Å². The molecule has 2 heterocycles. The van der Waals surface area contributed by atoms with Crippen LogP contribution in [-0.4, -0.2) is 27.0 Å². The molecule has 0 saturated heterocycles. The third kappa shape index (κ3) is 4.66. The third-order valence-corrected chi connectivity index (χ3v) is 5.56. The van der Waals surface area contributed by atoms with Crippen LogP contribution in [-0.2, 0) is 6.54 Å². The van der Waals surface area contributed by atoms with E-state index in [-0.39, 0.29) is 23.8 Å². The Morgan fingerprint density at radius 1 is 1.20 bits per heavy atom. The van der Waals surface area contributed by atoms with E-state index in [1.54, 1.807) is 24.7 Å². The van der Waals surface area contributed by atoms with Crippen molar-refractivity contribution in [1.29, 1.82) is 0 Å². The Hall–Kier alpha value is -2.84. The molecule has 156 valence electrons. The SMILES string of the molecule is Cc1ccc(C(=O)N(CCCn2ccnc2)c2nc3c(F)cc(F)cc3s2)cc1.Cl. The zero-order chi connectivity index (χ0) is 20.4. The monoisotopic (exact) mass is 448 g/mol. The normalized spacial score (nSPS) is 10.8. The van der Waals surface area contributed by atoms with E-state index in [9.17, 15) is 13.6 Å². The highest BCUT2D eigenvalue weighted by Gasteiger charge is 2.22. The first-order chi connectivity index (χ1) is 14.0. The summed E-state index contributed by atoms with van der Waals surface area (Å²) in [6, 6.07) is 9.29. The van der Waals surface area contributed by atoms with Crippen LogP contribution in [0, 0.1) is 18.6 Å². The topological polar surface area (TPSA) is 51.0 Å². The molecule has 0 fully saturated rings. The number of anilines is 1. The van der Waals surface area contributed by atoms with E-state index in [0.717, 1.165) is 23.0 Å². The summed E-state index contributed by atoms with van der Waals surface area (Å²) < 4.78 is 30.0. The Labute approximate surface area is 182 Å². The van der Waals surface area contributed by atoms with Crippen LogP contribution >= 0.6 is 23.7 Å². The first-order valence-corrected chi connectivity index (χ1v) is 9.93. The Balaban J connectivity index is 0.00000256. The molecule has 1 amide bonds. The van der Waals surface area contributed by atoms with E-state index in [2.05, 4.69) is 9.97 Å². The van der Waals surface area contributed by atoms with Gasteiger partial charge < -0.3 is 4.57 Å². The number of aromatic nitrogens is 3. The van der Waals surface area contributed by atoms with Crippen molar-refractivity contribution in [3.05, 3.63) is 77.9 Å². The molecule has 4 rings (SSSR count). The molecule has 0 aliphatic rings. The van der Waals surface area contributed by atoms with E-state index in [1.807, 2.05) is 29.8 Å². The fourth-order valence-electron chi connectivity index (χ4n) is 3.03. The van der Waals surface area contributed by atoms with Gasteiger partial charge in [-0.2, -0.15) is 0 Å². The van der Waals surface area contributed by atoms with Gasteiger partial charge >= 0.3 is 0 Å². The number of nitrogens with zero attached hydrogens (tertiary/aromatic N) is 4. The molecular formula is C21H19ClF2N4OS. The molecule has 2 aromatic heterocycles. The van der Waals surface area contributed by atoms with Crippen LogP contribution in [0.5, 0.6) is 0 Å². The van der Waals surface area contributed by atoms with Gasteiger partial charge in [-0.15, -0.1) is 12.4 Å². The minimum Gasteiger partial charge on any atom is -0.337 e. The number of carbonyl (C=O) groups is 1. The lowest BCUT2D eigenvalue weighted by Gasteiger charge is -2.20. The highest BCUT2D eigenvalue weighted by molar-refractivity contribution is 7.22. The Morgan fingerprint density at radius 3 is 2.67 bits per heavy atom. The zero-order valence-electron chi connectivity index (χ0n) is 16.1. The van der Waals surface area contributed by atoms with Crippen LogP contribution < -0.4 is 4.90 Å². The zero-order valence-corrected chi connectivity index (χ0v) is 17.7. The van der Waals surface area contributed by atoms with E-state index in [1.165, 1.54) is 11.0 Å². The number of rotatable bonds is 6. The summed E-state index contributed by atoms with van der Waals surface area (Å²) in [6.45, 7) is 3.00. The van der Waals surface area contributed by atoms with Crippen molar-refractivity contribution in [1.82, 2.24) is 14.5 Å². The summed E-state index contributed by atoms with van der Waals surface area (Å²) in [5.74, 6) is -1.62. The Morgan fingerprint density at radius 2 is 1.97 bits per heavy atom. The number of aryl methyl sites for hydroxylation is 2. The van der Waals surface area contributed by atoms with Gasteiger partial charge in [0.2, 0.25) is 0 Å². The molecule has 0 atom stereocenters. The molecule has 2 aromatic carbocycles. The minimum absolute atomic E-state index is 0. The summed E-state index contributed by atoms with van der Waals surface area (Å²) in [4.78, 5) is 23.0. The standard InChI is InChI=1S/C21H18F2N4OS.ClH/c1-14-3-5-15(6-4-14)20(28)27(9-2-8-26-10-7-24-13-26)21-25-19-17(23)11-16(22)12-18(19)29-21;/h3-7,10-13H,2,8-9H2,1H3;1H. The van der Waals surface area contributed by atoms with Crippen molar-refractivity contribution < 1.29 is 13.6 Å². The average molecular weight is 449 g/mol. The van der Waals surface area contributed by atoms with Crippen LogP contribution in [0.2, 0.25) is 0 Å². The third-order valence-electron chi connectivity index (χ3n) is 4.53. The number of hydrogen-bond donors (Lipinski definition) is 0. The number of carbonyl (C=O) groups excluding carboxylic acids is 1. The predicted molar refractivity (Wildman–Crippen MR) is 116 cm³/mol. The quantitative estimate of drug-likeness (QED) is 0.405. The number of benzene rings is 2. The van der Waals surface area contributed by atoms with Crippen molar-refractivity contribution in [2.24, 2.45) is 0 Å². The second-order valence-corrected chi connectivity index (χ2v) is 7.72. The molecule has 0 unspecified atom stereocenters. The number of amides is 1. The van der Waals surface area contributed by atoms with E-state index < -0.39 is 11.6 Å². The number of thiazole rings is 1. The maximum Gasteiger partial charge on any atom is 0.260 e. The maximum absolute atomic E-state index is 14.1. The van der Waals surface area contributed by atoms with Gasteiger partial charge in [0.15, 0.2) is 10.9 Å². The highest BCUT2D eigenvalue weighted by atomic mass is 35.5. The van der Waals surface area contributed by atoms with Crippen molar-refractivity contribution >= 4 is 45.0 Å². The first kappa shape index (κ1) is 21.9. The molecule has 0 saturated carbocycles. The summed E-state index contributed by atoms with van der Waals surface area (Å²) in [6.07, 6.45) is 5.91. The maximum atomic E-state index is 14.1. The second-order valence-electron chi connectivity index (χ2n) is 6.71. The number of hydrogen-bond acceptors (Lipinski definition) is 4.